The molecule has 0 saturated carbocycles. The van der Waals surface area contributed by atoms with Crippen molar-refractivity contribution in [3.05, 3.63) is 108 Å². The molecule has 2 aromatic heterocycles. The van der Waals surface area contributed by atoms with E-state index in [-0.39, 0.29) is 17.4 Å². The molecule has 0 aliphatic rings. The first-order chi connectivity index (χ1) is 17.4. The van der Waals surface area contributed by atoms with Gasteiger partial charge in [0.25, 0.3) is 5.91 Å². The van der Waals surface area contributed by atoms with Gasteiger partial charge in [-0.25, -0.2) is 0 Å². The lowest BCUT2D eigenvalue weighted by Crippen LogP contribution is -2.36. The number of primary amides is 1. The number of benzene rings is 2. The Morgan fingerprint density at radius 2 is 1.61 bits per heavy atom. The Bertz CT molecular complexity index is 1390. The Morgan fingerprint density at radius 3 is 2.31 bits per heavy atom. The zero-order chi connectivity index (χ0) is 25.5. The van der Waals surface area contributed by atoms with Gasteiger partial charge in [-0.15, -0.1) is 0 Å². The number of rotatable bonds is 9. The number of aromatic nitrogens is 2. The van der Waals surface area contributed by atoms with Crippen LogP contribution in [-0.4, -0.2) is 33.7 Å². The van der Waals surface area contributed by atoms with Gasteiger partial charge in [0.1, 0.15) is 17.6 Å². The van der Waals surface area contributed by atoms with Gasteiger partial charge < -0.3 is 22.1 Å². The van der Waals surface area contributed by atoms with Crippen LogP contribution in [0.4, 0.5) is 11.4 Å². The molecule has 1 atom stereocenters. The molecular weight excluding hydrogens is 454 g/mol. The highest BCUT2D eigenvalue weighted by atomic mass is 16.2. The fourth-order valence-corrected chi connectivity index (χ4v) is 3.66. The second kappa shape index (κ2) is 10.9. The fraction of sp³-hybridized carbons (Fsp3) is 0.0741. The third-order valence-corrected chi connectivity index (χ3v) is 5.52. The van der Waals surface area contributed by atoms with Gasteiger partial charge in [0.2, 0.25) is 5.91 Å². The number of carbonyl (C=O) groups excluding carboxylic acids is 2. The fourth-order valence-electron chi connectivity index (χ4n) is 3.66. The third-order valence-electron chi connectivity index (χ3n) is 5.52. The van der Waals surface area contributed by atoms with Crippen molar-refractivity contribution in [2.24, 2.45) is 11.5 Å². The van der Waals surface area contributed by atoms with E-state index in [9.17, 15) is 9.59 Å². The van der Waals surface area contributed by atoms with Crippen molar-refractivity contribution < 1.29 is 9.59 Å². The molecule has 2 aromatic carbocycles. The Kier molecular flexibility index (Phi) is 7.30. The molecule has 0 radical (unpaired) electrons. The number of nitrogens with zero attached hydrogens (tertiary/aromatic N) is 2. The second-order valence-corrected chi connectivity index (χ2v) is 8.11. The molecular formula is C27H25N7O2. The second-order valence-electron chi connectivity index (χ2n) is 8.11. The van der Waals surface area contributed by atoms with E-state index >= 15 is 0 Å². The summed E-state index contributed by atoms with van der Waals surface area (Å²) >= 11 is 0. The summed E-state index contributed by atoms with van der Waals surface area (Å²) < 4.78 is 0. The summed E-state index contributed by atoms with van der Waals surface area (Å²) in [6, 6.07) is 20.9. The van der Waals surface area contributed by atoms with Gasteiger partial charge in [-0.3, -0.25) is 25.0 Å². The number of nitrogen functional groups attached to an aromatic ring is 1. The molecule has 36 heavy (non-hydrogen) atoms. The summed E-state index contributed by atoms with van der Waals surface area (Å²) in [6.07, 6.45) is 5.31. The number of amides is 2. The van der Waals surface area contributed by atoms with Crippen LogP contribution < -0.4 is 22.1 Å². The SMILES string of the molecule is N=C(N)c1cccc(NC(Cc2ccncc2)C(=O)Nc2ccc(-c3ccnc(C(N)=O)c3)cc2)c1. The zero-order valence-electron chi connectivity index (χ0n) is 19.3. The van der Waals surface area contributed by atoms with E-state index in [4.69, 9.17) is 16.9 Å². The Hall–Kier alpha value is -5.05. The number of anilines is 2. The molecule has 9 heteroatoms. The van der Waals surface area contributed by atoms with E-state index in [1.165, 1.54) is 6.20 Å². The van der Waals surface area contributed by atoms with Crippen molar-refractivity contribution in [1.29, 1.82) is 5.41 Å². The summed E-state index contributed by atoms with van der Waals surface area (Å²) in [5, 5.41) is 13.9. The molecule has 0 fully saturated rings. The van der Waals surface area contributed by atoms with Crippen LogP contribution in [0.3, 0.4) is 0 Å². The normalized spacial score (nSPS) is 11.3. The van der Waals surface area contributed by atoms with Crippen molar-refractivity contribution in [1.82, 2.24) is 9.97 Å². The molecule has 0 saturated heterocycles. The van der Waals surface area contributed by atoms with Crippen molar-refractivity contribution in [3.8, 4) is 11.1 Å². The number of hydrogen-bond donors (Lipinski definition) is 5. The van der Waals surface area contributed by atoms with E-state index in [2.05, 4.69) is 20.6 Å². The van der Waals surface area contributed by atoms with E-state index in [1.54, 1.807) is 54.9 Å². The average Bonchev–Trinajstić information content (AvgIpc) is 2.89. The van der Waals surface area contributed by atoms with Crippen molar-refractivity contribution in [2.45, 2.75) is 12.5 Å². The van der Waals surface area contributed by atoms with Crippen LogP contribution in [0.5, 0.6) is 0 Å². The molecule has 0 aliphatic heterocycles. The Labute approximate surface area is 208 Å². The van der Waals surface area contributed by atoms with Gasteiger partial charge in [-0.05, 0) is 65.2 Å². The largest absolute Gasteiger partial charge is 0.384 e. The van der Waals surface area contributed by atoms with Crippen LogP contribution in [-0.2, 0) is 11.2 Å². The van der Waals surface area contributed by atoms with E-state index < -0.39 is 11.9 Å². The predicted octanol–water partition coefficient (Wildman–Crippen LogP) is 3.19. The predicted molar refractivity (Wildman–Crippen MR) is 140 cm³/mol. The first kappa shape index (κ1) is 24.1. The molecule has 7 N–H and O–H groups in total. The molecule has 0 aliphatic carbocycles. The first-order valence-corrected chi connectivity index (χ1v) is 11.2. The number of pyridine rings is 2. The average molecular weight is 480 g/mol. The molecule has 4 rings (SSSR count). The van der Waals surface area contributed by atoms with Gasteiger partial charge in [0, 0.05) is 41.9 Å². The van der Waals surface area contributed by atoms with Crippen LogP contribution >= 0.6 is 0 Å². The highest BCUT2D eigenvalue weighted by Gasteiger charge is 2.20. The number of hydrogen-bond acceptors (Lipinski definition) is 6. The van der Waals surface area contributed by atoms with Crippen LogP contribution in [0.1, 0.15) is 21.6 Å². The molecule has 0 spiro atoms. The smallest absolute Gasteiger partial charge is 0.267 e. The maximum absolute atomic E-state index is 13.3. The highest BCUT2D eigenvalue weighted by Crippen LogP contribution is 2.22. The van der Waals surface area contributed by atoms with Crippen molar-refractivity contribution in [3.63, 3.8) is 0 Å². The van der Waals surface area contributed by atoms with Crippen LogP contribution in [0.2, 0.25) is 0 Å². The summed E-state index contributed by atoms with van der Waals surface area (Å²) in [5.74, 6) is -0.874. The molecule has 2 heterocycles. The third kappa shape index (κ3) is 6.09. The van der Waals surface area contributed by atoms with Crippen LogP contribution in [0.25, 0.3) is 11.1 Å². The van der Waals surface area contributed by atoms with Crippen molar-refractivity contribution >= 4 is 29.0 Å². The van der Waals surface area contributed by atoms with Gasteiger partial charge in [-0.1, -0.05) is 24.3 Å². The van der Waals surface area contributed by atoms with Gasteiger partial charge in [0.15, 0.2) is 0 Å². The highest BCUT2D eigenvalue weighted by molar-refractivity contribution is 5.98. The van der Waals surface area contributed by atoms with E-state index in [0.717, 1.165) is 16.7 Å². The lowest BCUT2D eigenvalue weighted by atomic mass is 10.0. The molecule has 2 amide bonds. The molecule has 180 valence electrons. The van der Waals surface area contributed by atoms with E-state index in [1.807, 2.05) is 30.3 Å². The summed E-state index contributed by atoms with van der Waals surface area (Å²) in [4.78, 5) is 32.7. The Morgan fingerprint density at radius 1 is 0.861 bits per heavy atom. The zero-order valence-corrected chi connectivity index (χ0v) is 19.3. The quantitative estimate of drug-likeness (QED) is 0.183. The van der Waals surface area contributed by atoms with Gasteiger partial charge in [0.05, 0.1) is 0 Å². The molecule has 9 nitrogen and oxygen atoms in total. The molecule has 0 bridgehead atoms. The lowest BCUT2D eigenvalue weighted by molar-refractivity contribution is -0.116. The number of nitrogens with one attached hydrogen (secondary N) is 3. The summed E-state index contributed by atoms with van der Waals surface area (Å²) in [7, 11) is 0. The number of carbonyl (C=O) groups is 2. The molecule has 1 unspecified atom stereocenters. The molecule has 4 aromatic rings. The first-order valence-electron chi connectivity index (χ1n) is 11.2. The van der Waals surface area contributed by atoms with Gasteiger partial charge >= 0.3 is 0 Å². The minimum absolute atomic E-state index is 0.0500. The van der Waals surface area contributed by atoms with E-state index in [0.29, 0.717) is 23.4 Å². The minimum Gasteiger partial charge on any atom is -0.384 e. The Balaban J connectivity index is 1.53. The standard InChI is InChI=1S/C27H25N7O2/c28-25(29)20-2-1-3-22(15-20)33-24(14-17-8-11-31-12-9-17)27(36)34-21-6-4-18(5-7-21)19-10-13-32-23(16-19)26(30)35/h1-13,15-16,24,33H,14H2,(H3,28,29)(H2,30,35)(H,34,36). The number of amidine groups is 1. The maximum Gasteiger partial charge on any atom is 0.267 e. The summed E-state index contributed by atoms with van der Waals surface area (Å²) in [6.45, 7) is 0. The summed E-state index contributed by atoms with van der Waals surface area (Å²) in [5.41, 5.74) is 15.6. The van der Waals surface area contributed by atoms with Gasteiger partial charge in [-0.2, -0.15) is 0 Å². The topological polar surface area (TPSA) is 160 Å². The lowest BCUT2D eigenvalue weighted by Gasteiger charge is -2.20. The minimum atomic E-state index is -0.604. The van der Waals surface area contributed by atoms with Crippen molar-refractivity contribution in [2.75, 3.05) is 10.6 Å². The van der Waals surface area contributed by atoms with Crippen LogP contribution in [0.15, 0.2) is 91.4 Å². The van der Waals surface area contributed by atoms with Crippen LogP contribution in [0, 0.1) is 5.41 Å². The monoisotopic (exact) mass is 479 g/mol. The number of nitrogens with two attached hydrogens (primary N) is 2. The maximum atomic E-state index is 13.3.